The number of ether oxygens (including phenoxy) is 1. The van der Waals surface area contributed by atoms with Crippen LogP contribution in [-0.4, -0.2) is 16.5 Å². The number of nitrogens with zero attached hydrogens (tertiary/aromatic N) is 2. The first kappa shape index (κ1) is 14.9. The molecule has 4 nitrogen and oxygen atoms in total. The molecule has 0 spiro atoms. The predicted octanol–water partition coefficient (Wildman–Crippen LogP) is 4.62. The second-order valence-corrected chi connectivity index (χ2v) is 5.19. The van der Waals surface area contributed by atoms with E-state index < -0.39 is 0 Å². The van der Waals surface area contributed by atoms with E-state index in [9.17, 15) is 0 Å². The molecule has 1 aromatic carbocycles. The predicted molar refractivity (Wildman–Crippen MR) is 82.2 cm³/mol. The number of halogens is 2. The van der Waals surface area contributed by atoms with Crippen molar-refractivity contribution in [1.29, 1.82) is 0 Å². The summed E-state index contributed by atoms with van der Waals surface area (Å²) in [6.07, 6.45) is 1.52. The molecule has 0 saturated heterocycles. The van der Waals surface area contributed by atoms with Crippen LogP contribution in [0.25, 0.3) is 0 Å². The van der Waals surface area contributed by atoms with Crippen molar-refractivity contribution in [2.24, 2.45) is 0 Å². The zero-order valence-corrected chi connectivity index (χ0v) is 13.0. The number of rotatable bonds is 4. The van der Waals surface area contributed by atoms with Crippen molar-refractivity contribution in [3.63, 3.8) is 0 Å². The lowest BCUT2D eigenvalue weighted by molar-refractivity contribution is 0.455. The van der Waals surface area contributed by atoms with E-state index in [0.29, 0.717) is 27.6 Å². The minimum absolute atomic E-state index is 0.325. The topological polar surface area (TPSA) is 47.0 Å². The van der Waals surface area contributed by atoms with Crippen molar-refractivity contribution < 1.29 is 4.74 Å². The highest BCUT2D eigenvalue weighted by molar-refractivity contribution is 6.31. The summed E-state index contributed by atoms with van der Waals surface area (Å²) in [7, 11) is 0. The van der Waals surface area contributed by atoms with Crippen LogP contribution < -0.4 is 10.1 Å². The highest BCUT2D eigenvalue weighted by Crippen LogP contribution is 2.33. The lowest BCUT2D eigenvalue weighted by atomic mass is 10.1. The van der Waals surface area contributed by atoms with Crippen LogP contribution >= 0.6 is 23.2 Å². The van der Waals surface area contributed by atoms with E-state index in [1.807, 2.05) is 32.9 Å². The molecule has 1 N–H and O–H groups in total. The third-order valence-corrected chi connectivity index (χ3v) is 3.15. The number of hydrogen-bond acceptors (Lipinski definition) is 4. The summed E-state index contributed by atoms with van der Waals surface area (Å²) in [5, 5.41) is 4.05. The molecular formula is C14H15Cl2N3O. The van der Waals surface area contributed by atoms with Gasteiger partial charge in [0.15, 0.2) is 0 Å². The zero-order valence-electron chi connectivity index (χ0n) is 11.5. The summed E-state index contributed by atoms with van der Waals surface area (Å²) in [4.78, 5) is 8.33. The van der Waals surface area contributed by atoms with Gasteiger partial charge in [-0.2, -0.15) is 4.98 Å². The Labute approximate surface area is 128 Å². The van der Waals surface area contributed by atoms with E-state index in [2.05, 4.69) is 15.3 Å². The van der Waals surface area contributed by atoms with Crippen LogP contribution in [0.4, 0.5) is 5.95 Å². The normalized spacial score (nSPS) is 10.4. The Balaban J connectivity index is 2.37. The Kier molecular flexibility index (Phi) is 4.68. The van der Waals surface area contributed by atoms with Gasteiger partial charge in [0.05, 0.1) is 6.20 Å². The molecule has 0 atom stereocenters. The molecule has 2 aromatic rings. The SMILES string of the molecule is CCNc1ncc(Cl)c(Oc2c(C)cc(Cl)cc2C)n1. The van der Waals surface area contributed by atoms with Crippen LogP contribution in [0.1, 0.15) is 18.1 Å². The number of nitrogens with one attached hydrogen (secondary N) is 1. The number of anilines is 1. The van der Waals surface area contributed by atoms with Gasteiger partial charge in [0.2, 0.25) is 11.8 Å². The average Bonchev–Trinajstić information content (AvgIpc) is 2.37. The van der Waals surface area contributed by atoms with Crippen molar-refractivity contribution in [1.82, 2.24) is 9.97 Å². The molecule has 0 radical (unpaired) electrons. The van der Waals surface area contributed by atoms with E-state index in [1.54, 1.807) is 0 Å². The van der Waals surface area contributed by atoms with Crippen LogP contribution in [0.15, 0.2) is 18.3 Å². The smallest absolute Gasteiger partial charge is 0.243 e. The highest BCUT2D eigenvalue weighted by atomic mass is 35.5. The standard InChI is InChI=1S/C14H15Cl2N3O/c1-4-17-14-18-7-11(16)13(19-14)20-12-8(2)5-10(15)6-9(12)3/h5-7H,4H2,1-3H3,(H,17,18,19). The third kappa shape index (κ3) is 3.32. The molecule has 20 heavy (non-hydrogen) atoms. The van der Waals surface area contributed by atoms with Gasteiger partial charge in [-0.3, -0.25) is 0 Å². The lowest BCUT2D eigenvalue weighted by Crippen LogP contribution is -2.03. The van der Waals surface area contributed by atoms with E-state index in [0.717, 1.165) is 17.7 Å². The maximum atomic E-state index is 6.08. The molecule has 0 aliphatic carbocycles. The minimum atomic E-state index is 0.325. The quantitative estimate of drug-likeness (QED) is 0.894. The fraction of sp³-hybridized carbons (Fsp3) is 0.286. The molecule has 0 unspecified atom stereocenters. The van der Waals surface area contributed by atoms with Crippen LogP contribution in [-0.2, 0) is 0 Å². The molecule has 6 heteroatoms. The largest absolute Gasteiger partial charge is 0.437 e. The van der Waals surface area contributed by atoms with Gasteiger partial charge in [-0.25, -0.2) is 4.98 Å². The number of hydrogen-bond donors (Lipinski definition) is 1. The summed E-state index contributed by atoms with van der Waals surface area (Å²) in [5.74, 6) is 1.51. The van der Waals surface area contributed by atoms with Crippen molar-refractivity contribution in [2.75, 3.05) is 11.9 Å². The number of aryl methyl sites for hydroxylation is 2. The van der Waals surface area contributed by atoms with Crippen molar-refractivity contribution in [3.05, 3.63) is 39.5 Å². The first-order chi connectivity index (χ1) is 9.51. The summed E-state index contributed by atoms with van der Waals surface area (Å²) in [5.41, 5.74) is 1.85. The fourth-order valence-electron chi connectivity index (χ4n) is 1.82. The number of aromatic nitrogens is 2. The molecule has 0 fully saturated rings. The summed E-state index contributed by atoms with van der Waals surface area (Å²) < 4.78 is 5.83. The van der Waals surface area contributed by atoms with Gasteiger partial charge in [-0.05, 0) is 44.0 Å². The molecular weight excluding hydrogens is 297 g/mol. The van der Waals surface area contributed by atoms with Crippen LogP contribution in [0.2, 0.25) is 10.0 Å². The molecule has 0 aliphatic rings. The Morgan fingerprint density at radius 2 is 1.85 bits per heavy atom. The van der Waals surface area contributed by atoms with Crippen LogP contribution in [0.3, 0.4) is 0 Å². The molecule has 1 heterocycles. The van der Waals surface area contributed by atoms with Crippen LogP contribution in [0.5, 0.6) is 11.6 Å². The second kappa shape index (κ2) is 6.29. The van der Waals surface area contributed by atoms with Crippen LogP contribution in [0, 0.1) is 13.8 Å². The Morgan fingerprint density at radius 3 is 2.45 bits per heavy atom. The maximum absolute atomic E-state index is 6.08. The zero-order chi connectivity index (χ0) is 14.7. The minimum Gasteiger partial charge on any atom is -0.437 e. The molecule has 106 valence electrons. The van der Waals surface area contributed by atoms with E-state index in [-0.39, 0.29) is 0 Å². The maximum Gasteiger partial charge on any atom is 0.243 e. The molecule has 0 amide bonds. The van der Waals surface area contributed by atoms with Gasteiger partial charge in [-0.1, -0.05) is 23.2 Å². The van der Waals surface area contributed by atoms with Gasteiger partial charge in [-0.15, -0.1) is 0 Å². The molecule has 1 aromatic heterocycles. The van der Waals surface area contributed by atoms with Crippen molar-refractivity contribution in [2.45, 2.75) is 20.8 Å². The van der Waals surface area contributed by atoms with Gasteiger partial charge in [0, 0.05) is 11.6 Å². The van der Waals surface area contributed by atoms with Gasteiger partial charge in [0.1, 0.15) is 10.8 Å². The Bertz CT molecular complexity index is 609. The van der Waals surface area contributed by atoms with Crippen molar-refractivity contribution in [3.8, 4) is 11.6 Å². The number of benzene rings is 1. The monoisotopic (exact) mass is 311 g/mol. The van der Waals surface area contributed by atoms with Crippen molar-refractivity contribution >= 4 is 29.2 Å². The second-order valence-electron chi connectivity index (χ2n) is 4.35. The molecule has 0 saturated carbocycles. The summed E-state index contributed by atoms with van der Waals surface area (Å²) in [6, 6.07) is 3.67. The molecule has 0 bridgehead atoms. The summed E-state index contributed by atoms with van der Waals surface area (Å²) in [6.45, 7) is 6.54. The lowest BCUT2D eigenvalue weighted by Gasteiger charge is -2.13. The average molecular weight is 312 g/mol. The first-order valence-corrected chi connectivity index (χ1v) is 6.98. The highest BCUT2D eigenvalue weighted by Gasteiger charge is 2.12. The van der Waals surface area contributed by atoms with Gasteiger partial charge < -0.3 is 10.1 Å². The van der Waals surface area contributed by atoms with E-state index >= 15 is 0 Å². The third-order valence-electron chi connectivity index (χ3n) is 2.67. The Morgan fingerprint density at radius 1 is 1.20 bits per heavy atom. The van der Waals surface area contributed by atoms with E-state index in [4.69, 9.17) is 27.9 Å². The molecule has 2 rings (SSSR count). The molecule has 0 aliphatic heterocycles. The van der Waals surface area contributed by atoms with Gasteiger partial charge in [0.25, 0.3) is 0 Å². The first-order valence-electron chi connectivity index (χ1n) is 6.22. The Hall–Kier alpha value is -1.52. The summed E-state index contributed by atoms with van der Waals surface area (Å²) >= 11 is 12.1. The van der Waals surface area contributed by atoms with E-state index in [1.165, 1.54) is 6.20 Å². The van der Waals surface area contributed by atoms with Gasteiger partial charge >= 0.3 is 0 Å². The fourth-order valence-corrected chi connectivity index (χ4v) is 2.28.